The van der Waals surface area contributed by atoms with Gasteiger partial charge in [-0.05, 0) is 31.1 Å². The van der Waals surface area contributed by atoms with Crippen LogP contribution >= 0.6 is 0 Å². The largest absolute Gasteiger partial charge is 0.345 e. The molecule has 2 amide bonds. The van der Waals surface area contributed by atoms with Gasteiger partial charge in [0, 0.05) is 0 Å². The topological polar surface area (TPSA) is 101 Å². The van der Waals surface area contributed by atoms with Gasteiger partial charge in [0.1, 0.15) is 12.3 Å². The first-order valence-corrected chi connectivity index (χ1v) is 8.52. The molecular weight excluding hydrogens is 294 g/mol. The predicted molar refractivity (Wildman–Crippen MR) is 91.7 cm³/mol. The Labute approximate surface area is 140 Å². The molecule has 134 valence electrons. The number of amides is 2. The fourth-order valence-electron chi connectivity index (χ4n) is 2.37. The van der Waals surface area contributed by atoms with Gasteiger partial charge >= 0.3 is 0 Å². The molecule has 0 saturated heterocycles. The van der Waals surface area contributed by atoms with Gasteiger partial charge in [-0.1, -0.05) is 41.0 Å². The molecule has 3 atom stereocenters. The van der Waals surface area contributed by atoms with Crippen molar-refractivity contribution in [1.82, 2.24) is 10.6 Å². The number of carbonyl (C=O) groups is 3. The molecule has 0 aliphatic carbocycles. The van der Waals surface area contributed by atoms with Crippen molar-refractivity contribution in [2.24, 2.45) is 17.6 Å². The zero-order valence-corrected chi connectivity index (χ0v) is 15.1. The van der Waals surface area contributed by atoms with Crippen LogP contribution in [0.4, 0.5) is 0 Å². The molecule has 0 heterocycles. The fourth-order valence-corrected chi connectivity index (χ4v) is 2.37. The second kappa shape index (κ2) is 11.2. The summed E-state index contributed by atoms with van der Waals surface area (Å²) in [6.45, 7) is 9.88. The molecule has 1 unspecified atom stereocenters. The number of hydrogen-bond acceptors (Lipinski definition) is 4. The van der Waals surface area contributed by atoms with Gasteiger partial charge in [-0.25, -0.2) is 0 Å². The third kappa shape index (κ3) is 9.33. The van der Waals surface area contributed by atoms with Crippen LogP contribution in [-0.4, -0.2) is 36.2 Å². The van der Waals surface area contributed by atoms with Crippen LogP contribution in [0.25, 0.3) is 0 Å². The molecule has 0 bridgehead atoms. The molecule has 6 heteroatoms. The van der Waals surface area contributed by atoms with Crippen LogP contribution in [0, 0.1) is 11.8 Å². The van der Waals surface area contributed by atoms with Crippen molar-refractivity contribution in [3.05, 3.63) is 0 Å². The summed E-state index contributed by atoms with van der Waals surface area (Å²) in [6, 6.07) is -1.81. The average Bonchev–Trinajstić information content (AvgIpc) is 2.44. The zero-order chi connectivity index (χ0) is 18.0. The summed E-state index contributed by atoms with van der Waals surface area (Å²) < 4.78 is 0. The van der Waals surface area contributed by atoms with E-state index in [4.69, 9.17) is 5.73 Å². The summed E-state index contributed by atoms with van der Waals surface area (Å²) in [7, 11) is 0. The molecule has 4 N–H and O–H groups in total. The first-order valence-electron chi connectivity index (χ1n) is 8.52. The lowest BCUT2D eigenvalue weighted by Gasteiger charge is -2.24. The molecule has 0 aromatic rings. The first-order chi connectivity index (χ1) is 10.7. The summed E-state index contributed by atoms with van der Waals surface area (Å²) in [5.74, 6) is -0.114. The Balaban J connectivity index is 4.82. The highest BCUT2D eigenvalue weighted by atomic mass is 16.2. The molecule has 0 aliphatic rings. The van der Waals surface area contributed by atoms with Crippen LogP contribution in [0.15, 0.2) is 0 Å². The number of carbonyl (C=O) groups excluding carboxylic acids is 3. The first kappa shape index (κ1) is 21.6. The van der Waals surface area contributed by atoms with E-state index in [2.05, 4.69) is 10.6 Å². The van der Waals surface area contributed by atoms with E-state index in [1.807, 2.05) is 34.6 Å². The van der Waals surface area contributed by atoms with Gasteiger partial charge in [0.25, 0.3) is 0 Å². The Morgan fingerprint density at radius 2 is 1.57 bits per heavy atom. The van der Waals surface area contributed by atoms with Gasteiger partial charge in [0.15, 0.2) is 0 Å². The number of nitrogens with two attached hydrogens (primary N) is 1. The van der Waals surface area contributed by atoms with Gasteiger partial charge in [-0.2, -0.15) is 0 Å². The maximum atomic E-state index is 12.4. The molecule has 6 nitrogen and oxygen atoms in total. The summed E-state index contributed by atoms with van der Waals surface area (Å²) in [5.41, 5.74) is 5.87. The van der Waals surface area contributed by atoms with Gasteiger partial charge < -0.3 is 21.2 Å². The lowest BCUT2D eigenvalue weighted by atomic mass is 10.00. The molecule has 0 fully saturated rings. The quantitative estimate of drug-likeness (QED) is 0.499. The lowest BCUT2D eigenvalue weighted by Crippen LogP contribution is -2.54. The fraction of sp³-hybridized carbons (Fsp3) is 0.824. The Morgan fingerprint density at radius 3 is 2.00 bits per heavy atom. The number of aldehydes is 1. The molecule has 0 rings (SSSR count). The monoisotopic (exact) mass is 327 g/mol. The lowest BCUT2D eigenvalue weighted by molar-refractivity contribution is -0.131. The second-order valence-corrected chi connectivity index (χ2v) is 6.97. The Bertz CT molecular complexity index is 383. The molecule has 0 saturated carbocycles. The van der Waals surface area contributed by atoms with Crippen LogP contribution < -0.4 is 16.4 Å². The van der Waals surface area contributed by atoms with Crippen molar-refractivity contribution in [2.45, 2.75) is 78.4 Å². The minimum absolute atomic E-state index is 0.230. The summed E-state index contributed by atoms with van der Waals surface area (Å²) in [6.07, 6.45) is 3.19. The molecule has 0 aliphatic heterocycles. The van der Waals surface area contributed by atoms with E-state index in [0.717, 1.165) is 12.7 Å². The number of nitrogens with one attached hydrogen (secondary N) is 2. The molecule has 0 aromatic heterocycles. The van der Waals surface area contributed by atoms with Crippen LogP contribution in [0.5, 0.6) is 0 Å². The SMILES string of the molecule is CCC[C@@H](C=O)NC(=O)[C@H](CC(C)C)NC(=O)C(N)CC(C)C. The highest BCUT2D eigenvalue weighted by molar-refractivity contribution is 5.90. The maximum absolute atomic E-state index is 12.4. The van der Waals surface area contributed by atoms with Gasteiger partial charge in [-0.15, -0.1) is 0 Å². The van der Waals surface area contributed by atoms with Crippen molar-refractivity contribution >= 4 is 18.1 Å². The minimum atomic E-state index is -0.667. The normalized spacial score (nSPS) is 15.1. The van der Waals surface area contributed by atoms with Crippen LogP contribution in [0.2, 0.25) is 0 Å². The summed E-state index contributed by atoms with van der Waals surface area (Å²) in [4.78, 5) is 35.6. The van der Waals surface area contributed by atoms with Crippen molar-refractivity contribution in [1.29, 1.82) is 0 Å². The van der Waals surface area contributed by atoms with E-state index >= 15 is 0 Å². The van der Waals surface area contributed by atoms with E-state index in [0.29, 0.717) is 25.2 Å². The van der Waals surface area contributed by atoms with E-state index < -0.39 is 18.1 Å². The molecule has 23 heavy (non-hydrogen) atoms. The van der Waals surface area contributed by atoms with Crippen molar-refractivity contribution in [2.75, 3.05) is 0 Å². The average molecular weight is 327 g/mol. The van der Waals surface area contributed by atoms with Crippen molar-refractivity contribution in [3.8, 4) is 0 Å². The van der Waals surface area contributed by atoms with Gasteiger partial charge in [0.05, 0.1) is 12.1 Å². The van der Waals surface area contributed by atoms with E-state index in [1.54, 1.807) is 0 Å². The molecule has 0 radical (unpaired) electrons. The van der Waals surface area contributed by atoms with Gasteiger partial charge in [-0.3, -0.25) is 9.59 Å². The minimum Gasteiger partial charge on any atom is -0.345 e. The van der Waals surface area contributed by atoms with Crippen LogP contribution in [-0.2, 0) is 14.4 Å². The zero-order valence-electron chi connectivity index (χ0n) is 15.1. The molecule has 0 aromatic carbocycles. The second-order valence-electron chi connectivity index (χ2n) is 6.97. The highest BCUT2D eigenvalue weighted by Gasteiger charge is 2.26. The summed E-state index contributed by atoms with van der Waals surface area (Å²) >= 11 is 0. The smallest absolute Gasteiger partial charge is 0.243 e. The van der Waals surface area contributed by atoms with E-state index in [-0.39, 0.29) is 17.7 Å². The van der Waals surface area contributed by atoms with E-state index in [1.165, 1.54) is 0 Å². The number of hydrogen-bond donors (Lipinski definition) is 3. The van der Waals surface area contributed by atoms with E-state index in [9.17, 15) is 14.4 Å². The molecular formula is C17H33N3O3. The third-order valence-electron chi connectivity index (χ3n) is 3.49. The Hall–Kier alpha value is -1.43. The maximum Gasteiger partial charge on any atom is 0.243 e. The van der Waals surface area contributed by atoms with Gasteiger partial charge in [0.2, 0.25) is 11.8 Å². The van der Waals surface area contributed by atoms with Crippen LogP contribution in [0.1, 0.15) is 60.3 Å². The highest BCUT2D eigenvalue weighted by Crippen LogP contribution is 2.08. The predicted octanol–water partition coefficient (Wildman–Crippen LogP) is 1.37. The third-order valence-corrected chi connectivity index (χ3v) is 3.49. The Kier molecular flexibility index (Phi) is 10.5. The summed E-state index contributed by atoms with van der Waals surface area (Å²) in [5, 5.41) is 5.43. The molecule has 0 spiro atoms. The Morgan fingerprint density at radius 1 is 1.00 bits per heavy atom. The van der Waals surface area contributed by atoms with Crippen molar-refractivity contribution < 1.29 is 14.4 Å². The van der Waals surface area contributed by atoms with Crippen molar-refractivity contribution in [3.63, 3.8) is 0 Å². The standard InChI is InChI=1S/C17H33N3O3/c1-6-7-13(10-21)19-17(23)15(9-12(4)5)20-16(22)14(18)8-11(2)3/h10-15H,6-9,18H2,1-5H3,(H,19,23)(H,20,22)/t13-,14?,15-/m0/s1. The van der Waals surface area contributed by atoms with Crippen LogP contribution in [0.3, 0.4) is 0 Å². The number of rotatable bonds is 11.